The first-order valence-corrected chi connectivity index (χ1v) is 7.84. The third-order valence-corrected chi connectivity index (χ3v) is 7.56. The molecule has 0 aliphatic heterocycles. The van der Waals surface area contributed by atoms with Crippen molar-refractivity contribution in [1.82, 2.24) is 0 Å². The molecule has 2 N–H and O–H groups in total. The maximum Gasteiger partial charge on any atom is 0.217 e. The summed E-state index contributed by atoms with van der Waals surface area (Å²) in [7, 11) is 2.75. The summed E-state index contributed by atoms with van der Waals surface area (Å²) < 4.78 is 11.0. The van der Waals surface area contributed by atoms with Gasteiger partial charge >= 0.3 is 0 Å². The molecule has 0 unspecified atom stereocenters. The quantitative estimate of drug-likeness (QED) is 0.441. The summed E-state index contributed by atoms with van der Waals surface area (Å²) >= 11 is 26.2. The van der Waals surface area contributed by atoms with E-state index in [-0.39, 0.29) is 10.1 Å². The van der Waals surface area contributed by atoms with Gasteiger partial charge in [0, 0.05) is 26.1 Å². The van der Waals surface area contributed by atoms with Crippen molar-refractivity contribution in [2.75, 3.05) is 14.2 Å². The highest BCUT2D eigenvalue weighted by molar-refractivity contribution is 6.52. The fourth-order valence-electron chi connectivity index (χ4n) is 4.14. The molecule has 0 aromatic rings. The molecule has 6 atom stereocenters. The average molecular weight is 376 g/mol. The lowest BCUT2D eigenvalue weighted by atomic mass is 9.72. The number of hydrogen-bond acceptors (Lipinski definition) is 4. The Bertz CT molecular complexity index is 504. The Hall–Kier alpha value is 0.480. The number of ether oxygens (including phenoxy) is 2. The summed E-state index contributed by atoms with van der Waals surface area (Å²) in [4.78, 5) is -2.99. The molecule has 0 radical (unpaired) electrons. The van der Waals surface area contributed by atoms with E-state index >= 15 is 0 Å². The Balaban J connectivity index is 2.34. The van der Waals surface area contributed by atoms with Gasteiger partial charge in [0.15, 0.2) is 0 Å². The van der Waals surface area contributed by atoms with Crippen LogP contribution in [0.2, 0.25) is 0 Å². The van der Waals surface area contributed by atoms with Crippen LogP contribution in [0.15, 0.2) is 22.2 Å². The van der Waals surface area contributed by atoms with Crippen molar-refractivity contribution in [3.05, 3.63) is 22.2 Å². The van der Waals surface area contributed by atoms with Gasteiger partial charge in [0.05, 0.1) is 22.3 Å². The Morgan fingerprint density at radius 1 is 0.905 bits per heavy atom. The highest BCUT2D eigenvalue weighted by Crippen LogP contribution is 2.75. The minimum Gasteiger partial charge on any atom is -0.389 e. The highest BCUT2D eigenvalue weighted by Gasteiger charge is 2.86. The number of hydrogen-bond donors (Lipinski definition) is 2. The summed E-state index contributed by atoms with van der Waals surface area (Å²) in [6.45, 7) is 0. The highest BCUT2D eigenvalue weighted by atomic mass is 35.5. The van der Waals surface area contributed by atoms with Crippen molar-refractivity contribution >= 4 is 46.4 Å². The monoisotopic (exact) mass is 374 g/mol. The number of methoxy groups -OCH3 is 2. The number of aliphatic hydroxyl groups is 2. The van der Waals surface area contributed by atoms with Gasteiger partial charge in [0.1, 0.15) is 9.75 Å². The van der Waals surface area contributed by atoms with E-state index in [1.807, 2.05) is 0 Å². The van der Waals surface area contributed by atoms with Gasteiger partial charge in [-0.3, -0.25) is 0 Å². The van der Waals surface area contributed by atoms with Gasteiger partial charge in [-0.25, -0.2) is 0 Å². The normalized spacial score (nSPS) is 50.7. The molecule has 0 heterocycles. The third kappa shape index (κ3) is 1.45. The predicted molar refractivity (Wildman–Crippen MR) is 80.8 cm³/mol. The molecule has 3 rings (SSSR count). The number of halogens is 4. The van der Waals surface area contributed by atoms with Crippen molar-refractivity contribution in [3.63, 3.8) is 0 Å². The fraction of sp³-hybridized carbons (Fsp3) is 0.692. The largest absolute Gasteiger partial charge is 0.389 e. The number of rotatable bonds is 2. The van der Waals surface area contributed by atoms with E-state index in [2.05, 4.69) is 0 Å². The fourth-order valence-corrected chi connectivity index (χ4v) is 6.41. The van der Waals surface area contributed by atoms with E-state index in [1.165, 1.54) is 26.4 Å². The Kier molecular flexibility index (Phi) is 3.69. The van der Waals surface area contributed by atoms with Crippen LogP contribution >= 0.6 is 46.4 Å². The molecular formula is C13H14Cl4O4. The SMILES string of the molecule is COC1(OC)[C@@]2(Cl)C(Cl)=C(Cl)[C@@]1(Cl)[C@H]1[C@@H]2[C@@H](O)C=C[C@H]1O. The van der Waals surface area contributed by atoms with Crippen LogP contribution in [-0.2, 0) is 9.47 Å². The molecule has 2 bridgehead atoms. The summed E-state index contributed by atoms with van der Waals surface area (Å²) in [5.74, 6) is -3.00. The third-order valence-electron chi connectivity index (χ3n) is 4.91. The first kappa shape index (κ1) is 16.3. The minimum atomic E-state index is -1.60. The molecule has 3 aliphatic rings. The maximum atomic E-state index is 10.3. The van der Waals surface area contributed by atoms with Gasteiger partial charge in [-0.2, -0.15) is 0 Å². The van der Waals surface area contributed by atoms with Crippen LogP contribution in [0.3, 0.4) is 0 Å². The molecule has 0 amide bonds. The maximum absolute atomic E-state index is 10.3. The Labute approximate surface area is 142 Å². The van der Waals surface area contributed by atoms with Crippen molar-refractivity contribution < 1.29 is 19.7 Å². The predicted octanol–water partition coefficient (Wildman–Crippen LogP) is 2.17. The van der Waals surface area contributed by atoms with E-state index in [0.717, 1.165) is 0 Å². The van der Waals surface area contributed by atoms with Gasteiger partial charge < -0.3 is 19.7 Å². The minimum absolute atomic E-state index is 0.0762. The van der Waals surface area contributed by atoms with Crippen LogP contribution < -0.4 is 0 Å². The van der Waals surface area contributed by atoms with Crippen LogP contribution in [-0.4, -0.2) is 52.2 Å². The molecule has 0 spiro atoms. The molecule has 0 aromatic heterocycles. The van der Waals surface area contributed by atoms with Crippen molar-refractivity contribution in [1.29, 1.82) is 0 Å². The number of fused-ring (bicyclic) bond motifs is 5. The second-order valence-electron chi connectivity index (χ2n) is 5.49. The first-order chi connectivity index (χ1) is 9.74. The molecule has 118 valence electrons. The zero-order valence-electron chi connectivity index (χ0n) is 11.2. The standard InChI is InChI=1S/C13H14Cl4O4/c1-20-13(21-2)11(16)7-5(18)3-4-6(19)8(7)12(13,17)10(15)9(11)14/h3-8,18-19H,1-2H3/t5-,6+,7-,8+,11-,12-/m0/s1. The molecule has 0 saturated heterocycles. The van der Waals surface area contributed by atoms with E-state index in [9.17, 15) is 10.2 Å². The average Bonchev–Trinajstić information content (AvgIpc) is 2.72. The van der Waals surface area contributed by atoms with E-state index < -0.39 is 39.6 Å². The summed E-state index contributed by atoms with van der Waals surface area (Å²) in [5.41, 5.74) is 0. The van der Waals surface area contributed by atoms with Gasteiger partial charge in [-0.15, -0.1) is 23.2 Å². The van der Waals surface area contributed by atoms with Crippen LogP contribution in [0.4, 0.5) is 0 Å². The lowest BCUT2D eigenvalue weighted by Crippen LogP contribution is -2.58. The van der Waals surface area contributed by atoms with Crippen LogP contribution in [0.5, 0.6) is 0 Å². The second kappa shape index (κ2) is 4.74. The van der Waals surface area contributed by atoms with Gasteiger partial charge in [-0.05, 0) is 0 Å². The molecule has 8 heteroatoms. The number of aliphatic hydroxyl groups excluding tert-OH is 2. The molecule has 0 aromatic carbocycles. The summed E-state index contributed by atoms with van der Waals surface area (Å²) in [6.07, 6.45) is 1.01. The summed E-state index contributed by atoms with van der Waals surface area (Å²) in [5, 5.41) is 20.9. The molecule has 1 fully saturated rings. The lowest BCUT2D eigenvalue weighted by Gasteiger charge is -2.41. The zero-order valence-corrected chi connectivity index (χ0v) is 14.2. The van der Waals surface area contributed by atoms with Crippen molar-refractivity contribution in [2.24, 2.45) is 11.8 Å². The van der Waals surface area contributed by atoms with E-state index in [4.69, 9.17) is 55.9 Å². The molecule has 21 heavy (non-hydrogen) atoms. The Morgan fingerprint density at radius 2 is 1.24 bits per heavy atom. The first-order valence-electron chi connectivity index (χ1n) is 6.32. The smallest absolute Gasteiger partial charge is 0.217 e. The van der Waals surface area contributed by atoms with Gasteiger partial charge in [0.2, 0.25) is 5.79 Å². The second-order valence-corrected chi connectivity index (χ2v) is 7.44. The van der Waals surface area contributed by atoms with Crippen LogP contribution in [0.1, 0.15) is 0 Å². The van der Waals surface area contributed by atoms with E-state index in [1.54, 1.807) is 0 Å². The number of alkyl halides is 2. The summed E-state index contributed by atoms with van der Waals surface area (Å²) in [6, 6.07) is 0. The van der Waals surface area contributed by atoms with Gasteiger partial charge in [-0.1, -0.05) is 35.4 Å². The van der Waals surface area contributed by atoms with Crippen molar-refractivity contribution in [2.45, 2.75) is 27.7 Å². The van der Waals surface area contributed by atoms with E-state index in [0.29, 0.717) is 0 Å². The van der Waals surface area contributed by atoms with Crippen LogP contribution in [0.25, 0.3) is 0 Å². The van der Waals surface area contributed by atoms with Crippen molar-refractivity contribution in [3.8, 4) is 0 Å². The lowest BCUT2D eigenvalue weighted by molar-refractivity contribution is -0.222. The molecule has 1 saturated carbocycles. The molecular weight excluding hydrogens is 362 g/mol. The van der Waals surface area contributed by atoms with Crippen LogP contribution in [0, 0.1) is 11.8 Å². The Morgan fingerprint density at radius 3 is 1.52 bits per heavy atom. The molecule has 3 aliphatic carbocycles. The molecule has 4 nitrogen and oxygen atoms in total. The van der Waals surface area contributed by atoms with Gasteiger partial charge in [0.25, 0.3) is 0 Å². The topological polar surface area (TPSA) is 58.9 Å². The zero-order chi connectivity index (χ0) is 15.8.